The van der Waals surface area contributed by atoms with Crippen molar-refractivity contribution in [1.29, 1.82) is 0 Å². The minimum absolute atomic E-state index is 0.0438. The van der Waals surface area contributed by atoms with Gasteiger partial charge in [-0.2, -0.15) is 0 Å². The number of nitrogens with zero attached hydrogens (tertiary/aromatic N) is 1. The molecule has 0 N–H and O–H groups in total. The van der Waals surface area contributed by atoms with Crippen molar-refractivity contribution >= 4 is 11.7 Å². The molecule has 0 radical (unpaired) electrons. The van der Waals surface area contributed by atoms with E-state index in [0.29, 0.717) is 6.42 Å². The Morgan fingerprint density at radius 3 is 2.80 bits per heavy atom. The molecular formula is C12H13NO2. The van der Waals surface area contributed by atoms with E-state index in [1.54, 1.807) is 0 Å². The SMILES string of the molecule is CCC1CC(c2ccccc2)=NOC1=O. The second kappa shape index (κ2) is 4.26. The first kappa shape index (κ1) is 9.90. The van der Waals surface area contributed by atoms with Gasteiger partial charge < -0.3 is 4.84 Å². The normalized spacial score (nSPS) is 20.7. The molecule has 3 heteroatoms. The highest BCUT2D eigenvalue weighted by atomic mass is 16.7. The zero-order valence-corrected chi connectivity index (χ0v) is 8.64. The quantitative estimate of drug-likeness (QED) is 0.692. The molecule has 0 bridgehead atoms. The summed E-state index contributed by atoms with van der Waals surface area (Å²) in [7, 11) is 0. The molecule has 0 saturated carbocycles. The van der Waals surface area contributed by atoms with Crippen LogP contribution in [0.15, 0.2) is 35.5 Å². The zero-order valence-electron chi connectivity index (χ0n) is 8.64. The summed E-state index contributed by atoms with van der Waals surface area (Å²) in [4.78, 5) is 16.1. The van der Waals surface area contributed by atoms with Crippen molar-refractivity contribution < 1.29 is 9.63 Å². The van der Waals surface area contributed by atoms with E-state index in [1.807, 2.05) is 37.3 Å². The standard InChI is InChI=1S/C12H13NO2/c1-2-9-8-11(13-15-12(9)14)10-6-4-3-5-7-10/h3-7,9H,2,8H2,1H3. The van der Waals surface area contributed by atoms with E-state index in [1.165, 1.54) is 0 Å². The summed E-state index contributed by atoms with van der Waals surface area (Å²) in [5, 5.41) is 3.85. The number of hydrogen-bond acceptors (Lipinski definition) is 3. The number of carbonyl (C=O) groups is 1. The van der Waals surface area contributed by atoms with Crippen molar-refractivity contribution in [2.24, 2.45) is 11.1 Å². The molecule has 0 spiro atoms. The van der Waals surface area contributed by atoms with Crippen LogP contribution in [0.4, 0.5) is 0 Å². The van der Waals surface area contributed by atoms with Crippen LogP contribution < -0.4 is 0 Å². The number of carbonyl (C=O) groups excluding carboxylic acids is 1. The molecule has 0 aliphatic carbocycles. The summed E-state index contributed by atoms with van der Waals surface area (Å²) < 4.78 is 0. The third-order valence-corrected chi connectivity index (χ3v) is 2.62. The van der Waals surface area contributed by atoms with Crippen LogP contribution >= 0.6 is 0 Å². The number of oxime groups is 1. The number of rotatable bonds is 2. The van der Waals surface area contributed by atoms with Gasteiger partial charge in [-0.1, -0.05) is 42.4 Å². The van der Waals surface area contributed by atoms with Gasteiger partial charge in [0.2, 0.25) is 0 Å². The summed E-state index contributed by atoms with van der Waals surface area (Å²) in [5.41, 5.74) is 1.89. The molecule has 78 valence electrons. The Labute approximate surface area is 88.7 Å². The molecule has 0 saturated heterocycles. The largest absolute Gasteiger partial charge is 0.338 e. The predicted molar refractivity (Wildman–Crippen MR) is 57.5 cm³/mol. The zero-order chi connectivity index (χ0) is 10.7. The van der Waals surface area contributed by atoms with Crippen LogP contribution in [0, 0.1) is 5.92 Å². The third kappa shape index (κ3) is 2.06. The Kier molecular flexibility index (Phi) is 2.81. The van der Waals surface area contributed by atoms with E-state index in [9.17, 15) is 4.79 Å². The minimum atomic E-state index is -0.211. The first-order valence-electron chi connectivity index (χ1n) is 5.14. The number of hydrogen-bond donors (Lipinski definition) is 0. The summed E-state index contributed by atoms with van der Waals surface area (Å²) >= 11 is 0. The first-order chi connectivity index (χ1) is 7.31. The van der Waals surface area contributed by atoms with Gasteiger partial charge in [0.05, 0.1) is 11.6 Å². The lowest BCUT2D eigenvalue weighted by molar-refractivity contribution is -0.149. The average molecular weight is 203 g/mol. The Balaban J connectivity index is 2.22. The van der Waals surface area contributed by atoms with Gasteiger partial charge in [-0.15, -0.1) is 0 Å². The van der Waals surface area contributed by atoms with E-state index < -0.39 is 0 Å². The maximum absolute atomic E-state index is 11.3. The van der Waals surface area contributed by atoms with Crippen molar-refractivity contribution in [2.75, 3.05) is 0 Å². The van der Waals surface area contributed by atoms with Gasteiger partial charge >= 0.3 is 5.97 Å². The lowest BCUT2D eigenvalue weighted by Crippen LogP contribution is -2.24. The van der Waals surface area contributed by atoms with Crippen LogP contribution in [-0.4, -0.2) is 11.7 Å². The molecule has 2 rings (SSSR count). The monoisotopic (exact) mass is 203 g/mol. The highest BCUT2D eigenvalue weighted by Crippen LogP contribution is 2.20. The van der Waals surface area contributed by atoms with E-state index in [2.05, 4.69) is 5.16 Å². The summed E-state index contributed by atoms with van der Waals surface area (Å²) in [6, 6.07) is 9.82. The Morgan fingerprint density at radius 2 is 2.13 bits per heavy atom. The highest BCUT2D eigenvalue weighted by Gasteiger charge is 2.26. The van der Waals surface area contributed by atoms with E-state index in [4.69, 9.17) is 4.84 Å². The van der Waals surface area contributed by atoms with Gasteiger partial charge in [0, 0.05) is 6.42 Å². The molecule has 1 atom stereocenters. The third-order valence-electron chi connectivity index (χ3n) is 2.62. The van der Waals surface area contributed by atoms with Crippen LogP contribution in [0.5, 0.6) is 0 Å². The van der Waals surface area contributed by atoms with E-state index >= 15 is 0 Å². The van der Waals surface area contributed by atoms with Crippen molar-refractivity contribution in [3.05, 3.63) is 35.9 Å². The van der Waals surface area contributed by atoms with Gasteiger partial charge in [-0.25, -0.2) is 4.79 Å². The molecule has 0 aromatic heterocycles. The molecule has 1 unspecified atom stereocenters. The molecule has 3 nitrogen and oxygen atoms in total. The lowest BCUT2D eigenvalue weighted by atomic mass is 9.95. The minimum Gasteiger partial charge on any atom is -0.318 e. The topological polar surface area (TPSA) is 38.7 Å². The Hall–Kier alpha value is -1.64. The van der Waals surface area contributed by atoms with Crippen molar-refractivity contribution in [3.63, 3.8) is 0 Å². The highest BCUT2D eigenvalue weighted by molar-refractivity contribution is 6.03. The summed E-state index contributed by atoms with van der Waals surface area (Å²) in [6.45, 7) is 1.99. The fourth-order valence-electron chi connectivity index (χ4n) is 1.64. The molecule has 0 amide bonds. The predicted octanol–water partition coefficient (Wildman–Crippen LogP) is 2.36. The molecule has 1 aromatic rings. The average Bonchev–Trinajstić information content (AvgIpc) is 2.31. The first-order valence-corrected chi connectivity index (χ1v) is 5.14. The molecular weight excluding hydrogens is 190 g/mol. The second-order valence-corrected chi connectivity index (χ2v) is 3.62. The fourth-order valence-corrected chi connectivity index (χ4v) is 1.64. The van der Waals surface area contributed by atoms with Crippen LogP contribution in [-0.2, 0) is 9.63 Å². The van der Waals surface area contributed by atoms with Gasteiger partial charge in [0.25, 0.3) is 0 Å². The van der Waals surface area contributed by atoms with Gasteiger partial charge in [-0.05, 0) is 12.0 Å². The maximum Gasteiger partial charge on any atom is 0.338 e. The molecule has 1 heterocycles. The van der Waals surface area contributed by atoms with Crippen molar-refractivity contribution in [3.8, 4) is 0 Å². The van der Waals surface area contributed by atoms with Gasteiger partial charge in [0.15, 0.2) is 0 Å². The van der Waals surface area contributed by atoms with E-state index in [0.717, 1.165) is 17.7 Å². The molecule has 15 heavy (non-hydrogen) atoms. The molecule has 0 fully saturated rings. The smallest absolute Gasteiger partial charge is 0.318 e. The number of benzene rings is 1. The molecule has 1 aromatic carbocycles. The van der Waals surface area contributed by atoms with Crippen molar-refractivity contribution in [1.82, 2.24) is 0 Å². The second-order valence-electron chi connectivity index (χ2n) is 3.62. The maximum atomic E-state index is 11.3. The molecule has 1 aliphatic rings. The summed E-state index contributed by atoms with van der Waals surface area (Å²) in [6.07, 6.45) is 1.48. The van der Waals surface area contributed by atoms with Gasteiger partial charge in [0.1, 0.15) is 0 Å². The lowest BCUT2D eigenvalue weighted by Gasteiger charge is -2.18. The summed E-state index contributed by atoms with van der Waals surface area (Å²) in [5.74, 6) is -0.255. The van der Waals surface area contributed by atoms with Gasteiger partial charge in [-0.3, -0.25) is 0 Å². The van der Waals surface area contributed by atoms with Crippen LogP contribution in [0.2, 0.25) is 0 Å². The van der Waals surface area contributed by atoms with Crippen LogP contribution in [0.3, 0.4) is 0 Å². The van der Waals surface area contributed by atoms with Crippen LogP contribution in [0.25, 0.3) is 0 Å². The Morgan fingerprint density at radius 1 is 1.40 bits per heavy atom. The van der Waals surface area contributed by atoms with Crippen LogP contribution in [0.1, 0.15) is 25.3 Å². The Bertz CT molecular complexity index is 384. The van der Waals surface area contributed by atoms with E-state index in [-0.39, 0.29) is 11.9 Å². The molecule has 1 aliphatic heterocycles. The van der Waals surface area contributed by atoms with Crippen molar-refractivity contribution in [2.45, 2.75) is 19.8 Å². The fraction of sp³-hybridized carbons (Fsp3) is 0.333.